The van der Waals surface area contributed by atoms with Crippen LogP contribution in [0.25, 0.3) is 0 Å². The van der Waals surface area contributed by atoms with E-state index >= 15 is 0 Å². The molecule has 0 amide bonds. The van der Waals surface area contributed by atoms with Gasteiger partial charge in [-0.3, -0.25) is 0 Å². The molecule has 0 aliphatic heterocycles. The lowest BCUT2D eigenvalue weighted by Crippen LogP contribution is -2.38. The molecule has 0 radical (unpaired) electrons. The van der Waals surface area contributed by atoms with Gasteiger partial charge in [-0.2, -0.15) is 12.6 Å². The van der Waals surface area contributed by atoms with Crippen LogP contribution >= 0.6 is 12.6 Å². The molecule has 0 saturated heterocycles. The minimum atomic E-state index is -3.35. The van der Waals surface area contributed by atoms with Crippen LogP contribution in [0.2, 0.25) is 0 Å². The van der Waals surface area contributed by atoms with E-state index in [1.54, 1.807) is 31.4 Å². The maximum absolute atomic E-state index is 12.8. The lowest BCUT2D eigenvalue weighted by atomic mass is 9.99. The fourth-order valence-corrected chi connectivity index (χ4v) is 5.03. The normalized spacial score (nSPS) is 12.4. The Morgan fingerprint density at radius 3 is 2.05 bits per heavy atom. The van der Waals surface area contributed by atoms with E-state index in [9.17, 15) is 8.42 Å². The Morgan fingerprint density at radius 1 is 1.16 bits per heavy atom. The van der Waals surface area contributed by atoms with Crippen molar-refractivity contribution in [2.45, 2.75) is 42.8 Å². The zero-order valence-corrected chi connectivity index (χ0v) is 13.4. The summed E-state index contributed by atoms with van der Waals surface area (Å²) in [7, 11) is -1.79. The number of hydrogen-bond donors (Lipinski definition) is 1. The summed E-state index contributed by atoms with van der Waals surface area (Å²) in [5.74, 6) is 1.23. The molecule has 0 atom stereocenters. The van der Waals surface area contributed by atoms with Gasteiger partial charge in [0.1, 0.15) is 5.75 Å². The van der Waals surface area contributed by atoms with Gasteiger partial charge in [-0.25, -0.2) is 8.42 Å². The molecule has 1 aromatic carbocycles. The molecular weight excluding hydrogens is 280 g/mol. The van der Waals surface area contributed by atoms with Crippen molar-refractivity contribution < 1.29 is 13.2 Å². The highest BCUT2D eigenvalue weighted by molar-refractivity contribution is 7.93. The van der Waals surface area contributed by atoms with Crippen molar-refractivity contribution in [2.24, 2.45) is 0 Å². The van der Waals surface area contributed by atoms with Crippen LogP contribution in [0, 0.1) is 0 Å². The first kappa shape index (κ1) is 16.4. The second-order valence-electron chi connectivity index (χ2n) is 4.54. The SMILES string of the molecule is CCC(CC)(CCS)S(=O)(=O)c1ccc(OC)cc1. The number of ether oxygens (including phenoxy) is 1. The number of hydrogen-bond acceptors (Lipinski definition) is 4. The molecule has 108 valence electrons. The predicted molar refractivity (Wildman–Crippen MR) is 82.0 cm³/mol. The fourth-order valence-electron chi connectivity index (χ4n) is 2.33. The van der Waals surface area contributed by atoms with Crippen LogP contribution in [0.1, 0.15) is 33.1 Å². The molecule has 0 aliphatic carbocycles. The van der Waals surface area contributed by atoms with E-state index in [0.29, 0.717) is 35.7 Å². The molecule has 0 bridgehead atoms. The van der Waals surface area contributed by atoms with Crippen molar-refractivity contribution in [3.63, 3.8) is 0 Å². The number of sulfone groups is 1. The first-order chi connectivity index (χ1) is 8.97. The Hall–Kier alpha value is -0.680. The van der Waals surface area contributed by atoms with Crippen molar-refractivity contribution in [1.29, 1.82) is 0 Å². The highest BCUT2D eigenvalue weighted by atomic mass is 32.2. The average molecular weight is 302 g/mol. The molecule has 0 spiro atoms. The Balaban J connectivity index is 3.26. The quantitative estimate of drug-likeness (QED) is 0.786. The summed E-state index contributed by atoms with van der Waals surface area (Å²) in [5, 5.41) is 0. The molecule has 0 N–H and O–H groups in total. The third kappa shape index (κ3) is 3.08. The van der Waals surface area contributed by atoms with E-state index in [0.717, 1.165) is 0 Å². The summed E-state index contributed by atoms with van der Waals surface area (Å²) < 4.78 is 30.0. The van der Waals surface area contributed by atoms with Crippen LogP contribution in [0.3, 0.4) is 0 Å². The molecule has 0 saturated carbocycles. The third-order valence-corrected chi connectivity index (χ3v) is 6.83. The van der Waals surface area contributed by atoms with Gasteiger partial charge in [0, 0.05) is 0 Å². The van der Waals surface area contributed by atoms with Crippen LogP contribution in [-0.4, -0.2) is 26.0 Å². The Bertz CT molecular complexity index is 488. The first-order valence-corrected chi connectivity index (χ1v) is 8.58. The topological polar surface area (TPSA) is 43.4 Å². The fraction of sp³-hybridized carbons (Fsp3) is 0.571. The van der Waals surface area contributed by atoms with Gasteiger partial charge in [-0.1, -0.05) is 13.8 Å². The van der Waals surface area contributed by atoms with Crippen molar-refractivity contribution in [3.8, 4) is 5.75 Å². The van der Waals surface area contributed by atoms with Crippen LogP contribution < -0.4 is 4.74 Å². The largest absolute Gasteiger partial charge is 0.497 e. The molecule has 19 heavy (non-hydrogen) atoms. The number of rotatable bonds is 7. The van der Waals surface area contributed by atoms with E-state index in [2.05, 4.69) is 12.6 Å². The number of benzene rings is 1. The van der Waals surface area contributed by atoms with E-state index in [1.165, 1.54) is 0 Å². The molecule has 1 aromatic rings. The van der Waals surface area contributed by atoms with E-state index < -0.39 is 14.6 Å². The maximum atomic E-state index is 12.8. The van der Waals surface area contributed by atoms with Crippen molar-refractivity contribution in [2.75, 3.05) is 12.9 Å². The minimum absolute atomic E-state index is 0.360. The monoisotopic (exact) mass is 302 g/mol. The van der Waals surface area contributed by atoms with Crippen LogP contribution in [-0.2, 0) is 9.84 Å². The number of methoxy groups -OCH3 is 1. The maximum Gasteiger partial charge on any atom is 0.184 e. The van der Waals surface area contributed by atoms with Crippen LogP contribution in [0.15, 0.2) is 29.2 Å². The summed E-state index contributed by atoms with van der Waals surface area (Å²) in [4.78, 5) is 0.360. The van der Waals surface area contributed by atoms with Crippen LogP contribution in [0.5, 0.6) is 5.75 Å². The highest BCUT2D eigenvalue weighted by Gasteiger charge is 2.40. The van der Waals surface area contributed by atoms with Gasteiger partial charge in [-0.05, 0) is 49.3 Å². The summed E-state index contributed by atoms with van der Waals surface area (Å²) in [6.45, 7) is 3.85. The molecule has 5 heteroatoms. The van der Waals surface area contributed by atoms with E-state index in [4.69, 9.17) is 4.74 Å². The van der Waals surface area contributed by atoms with Crippen molar-refractivity contribution >= 4 is 22.5 Å². The second-order valence-corrected chi connectivity index (χ2v) is 7.33. The molecule has 0 unspecified atom stereocenters. The lowest BCUT2D eigenvalue weighted by Gasteiger charge is -2.31. The Labute approximate surface area is 121 Å². The zero-order valence-electron chi connectivity index (χ0n) is 11.7. The van der Waals surface area contributed by atoms with Crippen LogP contribution in [0.4, 0.5) is 0 Å². The molecule has 1 rings (SSSR count). The smallest absolute Gasteiger partial charge is 0.184 e. The highest BCUT2D eigenvalue weighted by Crippen LogP contribution is 2.35. The molecule has 0 fully saturated rings. The molecular formula is C14H22O3S2. The molecule has 0 aliphatic rings. The molecule has 0 aromatic heterocycles. The molecule has 0 heterocycles. The first-order valence-electron chi connectivity index (χ1n) is 6.47. The summed E-state index contributed by atoms with van der Waals surface area (Å²) in [6, 6.07) is 6.60. The number of thiol groups is 1. The van der Waals surface area contributed by atoms with Gasteiger partial charge in [-0.15, -0.1) is 0 Å². The Morgan fingerprint density at radius 2 is 1.68 bits per heavy atom. The lowest BCUT2D eigenvalue weighted by molar-refractivity contribution is 0.414. The van der Waals surface area contributed by atoms with Gasteiger partial charge >= 0.3 is 0 Å². The summed E-state index contributed by atoms with van der Waals surface area (Å²) in [5.41, 5.74) is 0. The molecule has 3 nitrogen and oxygen atoms in total. The second kappa shape index (κ2) is 6.66. The van der Waals surface area contributed by atoms with E-state index in [-0.39, 0.29) is 0 Å². The Kier molecular flexibility index (Phi) is 5.74. The van der Waals surface area contributed by atoms with Gasteiger partial charge in [0.05, 0.1) is 16.8 Å². The third-order valence-electron chi connectivity index (χ3n) is 3.80. The predicted octanol–water partition coefficient (Wildman–Crippen LogP) is 3.35. The van der Waals surface area contributed by atoms with Crippen molar-refractivity contribution in [1.82, 2.24) is 0 Å². The van der Waals surface area contributed by atoms with Crippen molar-refractivity contribution in [3.05, 3.63) is 24.3 Å². The summed E-state index contributed by atoms with van der Waals surface area (Å²) >= 11 is 4.21. The van der Waals surface area contributed by atoms with Gasteiger partial charge < -0.3 is 4.74 Å². The standard InChI is InChI=1S/C14H22O3S2/c1-4-14(5-2,10-11-18)19(15,16)13-8-6-12(17-3)7-9-13/h6-9,18H,4-5,10-11H2,1-3H3. The zero-order chi connectivity index (χ0) is 14.5. The van der Waals surface area contributed by atoms with Gasteiger partial charge in [0.15, 0.2) is 9.84 Å². The van der Waals surface area contributed by atoms with E-state index in [1.807, 2.05) is 13.8 Å². The average Bonchev–Trinajstić information content (AvgIpc) is 2.44. The van der Waals surface area contributed by atoms with Gasteiger partial charge in [0.2, 0.25) is 0 Å². The minimum Gasteiger partial charge on any atom is -0.497 e. The summed E-state index contributed by atoms with van der Waals surface area (Å²) in [6.07, 6.45) is 1.76. The van der Waals surface area contributed by atoms with Gasteiger partial charge in [0.25, 0.3) is 0 Å².